The molecule has 0 spiro atoms. The first-order valence-corrected chi connectivity index (χ1v) is 8.02. The van der Waals surface area contributed by atoms with Gasteiger partial charge >= 0.3 is 6.09 Å². The molecule has 118 valence electrons. The van der Waals surface area contributed by atoms with E-state index in [0.717, 1.165) is 18.4 Å². The van der Waals surface area contributed by atoms with E-state index in [2.05, 4.69) is 0 Å². The third-order valence-electron chi connectivity index (χ3n) is 5.37. The van der Waals surface area contributed by atoms with Gasteiger partial charge in [-0.15, -0.1) is 0 Å². The predicted octanol–water partition coefficient (Wildman–Crippen LogP) is 1.97. The number of aliphatic hydroxyl groups is 1. The number of benzene rings is 1. The summed E-state index contributed by atoms with van der Waals surface area (Å²) in [6.45, 7) is 1.13. The maximum absolute atomic E-state index is 12.1. The fraction of sp³-hybridized carbons (Fsp3) is 0.588. The molecule has 1 N–H and O–H groups in total. The number of rotatable bonds is 4. The number of carbonyl (C=O) groups is 1. The Morgan fingerprint density at radius 2 is 1.86 bits per heavy atom. The van der Waals surface area contributed by atoms with E-state index in [-0.39, 0.29) is 42.8 Å². The van der Waals surface area contributed by atoms with E-state index in [9.17, 15) is 9.90 Å². The second-order valence-electron chi connectivity index (χ2n) is 6.46. The summed E-state index contributed by atoms with van der Waals surface area (Å²) in [6, 6.07) is 9.95. The van der Waals surface area contributed by atoms with Gasteiger partial charge in [0.2, 0.25) is 0 Å². The van der Waals surface area contributed by atoms with Gasteiger partial charge < -0.3 is 14.6 Å². The molecule has 3 fully saturated rings. The van der Waals surface area contributed by atoms with Gasteiger partial charge in [-0.05, 0) is 18.4 Å². The molecule has 2 bridgehead atoms. The largest absolute Gasteiger partial charge is 0.447 e. The fourth-order valence-corrected chi connectivity index (χ4v) is 4.21. The molecule has 3 aliphatic rings. The maximum atomic E-state index is 12.1. The van der Waals surface area contributed by atoms with E-state index in [4.69, 9.17) is 9.47 Å². The van der Waals surface area contributed by atoms with Crippen LogP contribution >= 0.6 is 0 Å². The highest BCUT2D eigenvalue weighted by Crippen LogP contribution is 2.44. The van der Waals surface area contributed by atoms with Crippen molar-refractivity contribution >= 4 is 6.09 Å². The summed E-state index contributed by atoms with van der Waals surface area (Å²) in [4.78, 5) is 14.0. The number of carbonyl (C=O) groups excluding carboxylic acids is 1. The summed E-state index contributed by atoms with van der Waals surface area (Å²) in [5, 5.41) is 9.67. The van der Waals surface area contributed by atoms with Crippen LogP contribution in [0, 0.1) is 11.8 Å². The first-order chi connectivity index (χ1) is 10.8. The Hall–Kier alpha value is -1.59. The van der Waals surface area contributed by atoms with E-state index in [1.807, 2.05) is 35.2 Å². The number of aliphatic hydroxyl groups excluding tert-OH is 1. The maximum Gasteiger partial charge on any atom is 0.410 e. The highest BCUT2D eigenvalue weighted by molar-refractivity contribution is 5.70. The Kier molecular flexibility index (Phi) is 3.54. The quantitative estimate of drug-likeness (QED) is 0.924. The molecule has 5 unspecified atom stereocenters. The van der Waals surface area contributed by atoms with Crippen LogP contribution in [0.1, 0.15) is 24.4 Å². The molecule has 0 aromatic heterocycles. The van der Waals surface area contributed by atoms with Gasteiger partial charge in [0.15, 0.2) is 0 Å². The molecular weight excluding hydrogens is 282 g/mol. The lowest BCUT2D eigenvalue weighted by Crippen LogP contribution is -2.41. The molecule has 3 heterocycles. The summed E-state index contributed by atoms with van der Waals surface area (Å²) in [7, 11) is 0. The molecule has 1 aromatic rings. The van der Waals surface area contributed by atoms with E-state index < -0.39 is 0 Å². The molecule has 5 heteroatoms. The molecular formula is C17H21NO4. The van der Waals surface area contributed by atoms with Crippen LogP contribution < -0.4 is 0 Å². The van der Waals surface area contributed by atoms with Crippen molar-refractivity contribution in [2.75, 3.05) is 19.8 Å². The molecule has 4 rings (SSSR count). The van der Waals surface area contributed by atoms with Crippen molar-refractivity contribution in [2.45, 2.75) is 31.1 Å². The zero-order valence-corrected chi connectivity index (χ0v) is 12.4. The normalized spacial score (nSPS) is 36.9. The molecule has 1 aromatic carbocycles. The molecule has 22 heavy (non-hydrogen) atoms. The lowest BCUT2D eigenvalue weighted by molar-refractivity contribution is 0.0777. The third kappa shape index (κ3) is 2.20. The SMILES string of the molecule is O=C1OCC(c2ccccc2)N1CC1C2CCC(O2)C1CO. The molecule has 3 aliphatic heterocycles. The predicted molar refractivity (Wildman–Crippen MR) is 79.2 cm³/mol. The van der Waals surface area contributed by atoms with Crippen LogP contribution in [0.4, 0.5) is 4.79 Å². The molecule has 0 aliphatic carbocycles. The summed E-state index contributed by atoms with van der Waals surface area (Å²) in [5.74, 6) is 0.351. The monoisotopic (exact) mass is 303 g/mol. The van der Waals surface area contributed by atoms with Crippen LogP contribution in [-0.2, 0) is 9.47 Å². The topological polar surface area (TPSA) is 59.0 Å². The van der Waals surface area contributed by atoms with E-state index in [1.54, 1.807) is 0 Å². The van der Waals surface area contributed by atoms with Crippen molar-refractivity contribution in [2.24, 2.45) is 11.8 Å². The molecule has 5 atom stereocenters. The minimum absolute atomic E-state index is 0.0350. The summed E-state index contributed by atoms with van der Waals surface area (Å²) in [6.07, 6.45) is 2.14. The van der Waals surface area contributed by atoms with Gasteiger partial charge in [0, 0.05) is 25.0 Å². The van der Waals surface area contributed by atoms with Crippen LogP contribution in [0.2, 0.25) is 0 Å². The Labute approximate surface area is 129 Å². The second kappa shape index (κ2) is 5.56. The van der Waals surface area contributed by atoms with Gasteiger partial charge in [0.1, 0.15) is 6.61 Å². The van der Waals surface area contributed by atoms with Gasteiger partial charge in [-0.3, -0.25) is 4.90 Å². The van der Waals surface area contributed by atoms with Crippen molar-refractivity contribution in [3.63, 3.8) is 0 Å². The minimum atomic E-state index is -0.256. The number of ether oxygens (including phenoxy) is 2. The van der Waals surface area contributed by atoms with Gasteiger partial charge in [0.25, 0.3) is 0 Å². The van der Waals surface area contributed by atoms with Gasteiger partial charge in [0.05, 0.1) is 18.2 Å². The summed E-state index contributed by atoms with van der Waals surface area (Å²) < 4.78 is 11.2. The standard InChI is InChI=1S/C17H21NO4/c19-9-13-12(15-6-7-16(13)22-15)8-18-14(10-21-17(18)20)11-4-2-1-3-5-11/h1-5,12-16,19H,6-10H2. The van der Waals surface area contributed by atoms with Crippen molar-refractivity contribution in [3.05, 3.63) is 35.9 Å². The first-order valence-electron chi connectivity index (χ1n) is 8.02. The van der Waals surface area contributed by atoms with Crippen LogP contribution in [-0.4, -0.2) is 48.1 Å². The smallest absolute Gasteiger partial charge is 0.410 e. The average molecular weight is 303 g/mol. The summed E-state index contributed by atoms with van der Waals surface area (Å²) in [5.41, 5.74) is 1.10. The Morgan fingerprint density at radius 1 is 1.14 bits per heavy atom. The van der Waals surface area contributed by atoms with Gasteiger partial charge in [-0.1, -0.05) is 30.3 Å². The number of cyclic esters (lactones) is 1. The van der Waals surface area contributed by atoms with Crippen molar-refractivity contribution in [1.29, 1.82) is 0 Å². The van der Waals surface area contributed by atoms with Crippen molar-refractivity contribution in [1.82, 2.24) is 4.90 Å². The minimum Gasteiger partial charge on any atom is -0.447 e. The Balaban J connectivity index is 1.54. The Bertz CT molecular complexity index is 549. The molecule has 0 radical (unpaired) electrons. The van der Waals surface area contributed by atoms with Crippen LogP contribution in [0.25, 0.3) is 0 Å². The van der Waals surface area contributed by atoms with Crippen molar-refractivity contribution in [3.8, 4) is 0 Å². The van der Waals surface area contributed by atoms with E-state index in [1.165, 1.54) is 0 Å². The highest BCUT2D eigenvalue weighted by atomic mass is 16.6. The van der Waals surface area contributed by atoms with Gasteiger partial charge in [-0.2, -0.15) is 0 Å². The van der Waals surface area contributed by atoms with Crippen LogP contribution in [0.5, 0.6) is 0 Å². The summed E-state index contributed by atoms with van der Waals surface area (Å²) >= 11 is 0. The lowest BCUT2D eigenvalue weighted by atomic mass is 9.79. The number of hydrogen-bond donors (Lipinski definition) is 1. The number of fused-ring (bicyclic) bond motifs is 2. The average Bonchev–Trinajstić information content (AvgIpc) is 3.24. The second-order valence-corrected chi connectivity index (χ2v) is 6.46. The fourth-order valence-electron chi connectivity index (χ4n) is 4.21. The van der Waals surface area contributed by atoms with E-state index in [0.29, 0.717) is 13.2 Å². The lowest BCUT2D eigenvalue weighted by Gasteiger charge is -2.31. The third-order valence-corrected chi connectivity index (χ3v) is 5.37. The number of hydrogen-bond acceptors (Lipinski definition) is 4. The number of nitrogens with zero attached hydrogens (tertiary/aromatic N) is 1. The number of amides is 1. The zero-order chi connectivity index (χ0) is 15.1. The Morgan fingerprint density at radius 3 is 2.59 bits per heavy atom. The van der Waals surface area contributed by atoms with Gasteiger partial charge in [-0.25, -0.2) is 4.79 Å². The molecule has 0 saturated carbocycles. The molecule has 1 amide bonds. The van der Waals surface area contributed by atoms with Crippen molar-refractivity contribution < 1.29 is 19.4 Å². The zero-order valence-electron chi connectivity index (χ0n) is 12.4. The highest BCUT2D eigenvalue weighted by Gasteiger charge is 2.50. The van der Waals surface area contributed by atoms with Crippen LogP contribution in [0.15, 0.2) is 30.3 Å². The first kappa shape index (κ1) is 14.0. The molecule has 5 nitrogen and oxygen atoms in total. The molecule has 3 saturated heterocycles. The van der Waals surface area contributed by atoms with E-state index >= 15 is 0 Å². The van der Waals surface area contributed by atoms with Crippen LogP contribution in [0.3, 0.4) is 0 Å².